The molecule has 3 aliphatic heterocycles. The molecule has 1 aromatic rings. The molecule has 3 nitrogen and oxygen atoms in total. The van der Waals surface area contributed by atoms with Gasteiger partial charge in [0.25, 0.3) is 0 Å². The number of nitrogens with zero attached hydrogens (tertiary/aromatic N) is 2. The van der Waals surface area contributed by atoms with E-state index in [2.05, 4.69) is 38.3 Å². The van der Waals surface area contributed by atoms with E-state index in [4.69, 9.17) is 0 Å². The molecule has 104 valence electrons. The number of thioether (sulfide) groups is 1. The van der Waals surface area contributed by atoms with E-state index >= 15 is 0 Å². The van der Waals surface area contributed by atoms with Crippen molar-refractivity contribution in [1.29, 1.82) is 5.26 Å². The molecule has 1 aromatic carbocycles. The number of nitrogens with one attached hydrogen (secondary N) is 1. The van der Waals surface area contributed by atoms with Gasteiger partial charge in [-0.1, -0.05) is 0 Å². The topological polar surface area (TPSA) is 39.1 Å². The summed E-state index contributed by atoms with van der Waals surface area (Å²) in [4.78, 5) is 3.81. The molecular weight excluding hydrogens is 334 g/mol. The van der Waals surface area contributed by atoms with Gasteiger partial charge in [0.1, 0.15) is 6.07 Å². The fourth-order valence-corrected chi connectivity index (χ4v) is 5.66. The summed E-state index contributed by atoms with van der Waals surface area (Å²) in [5.74, 6) is 1.70. The number of rotatable bonds is 0. The van der Waals surface area contributed by atoms with E-state index in [-0.39, 0.29) is 0 Å². The van der Waals surface area contributed by atoms with Crippen molar-refractivity contribution in [1.82, 2.24) is 5.32 Å². The van der Waals surface area contributed by atoms with Crippen LogP contribution in [0.25, 0.3) is 0 Å². The molecule has 2 atom stereocenters. The molecular formula is C15H16BrN3S. The maximum Gasteiger partial charge on any atom is 0.102 e. The number of fused-ring (bicyclic) bond motifs is 3. The van der Waals surface area contributed by atoms with Gasteiger partial charge in [0.2, 0.25) is 0 Å². The molecule has 0 unspecified atom stereocenters. The Balaban J connectivity index is 1.96. The van der Waals surface area contributed by atoms with Gasteiger partial charge in [-0.25, -0.2) is 0 Å². The second kappa shape index (κ2) is 4.94. The van der Waals surface area contributed by atoms with E-state index in [1.54, 1.807) is 0 Å². The first kappa shape index (κ1) is 13.0. The molecule has 0 aliphatic carbocycles. The van der Waals surface area contributed by atoms with Crippen LogP contribution >= 0.6 is 27.7 Å². The summed E-state index contributed by atoms with van der Waals surface area (Å²) in [7, 11) is 0. The third-order valence-electron chi connectivity index (χ3n) is 4.67. The van der Waals surface area contributed by atoms with Gasteiger partial charge in [-0.05, 0) is 52.7 Å². The van der Waals surface area contributed by atoms with Crippen molar-refractivity contribution in [2.45, 2.75) is 29.7 Å². The number of hydrogen-bond acceptors (Lipinski definition) is 4. The Hall–Kier alpha value is -0.700. The van der Waals surface area contributed by atoms with Crippen LogP contribution in [0.1, 0.15) is 29.9 Å². The minimum Gasteiger partial charge on any atom is -0.367 e. The van der Waals surface area contributed by atoms with Crippen LogP contribution < -0.4 is 10.2 Å². The summed E-state index contributed by atoms with van der Waals surface area (Å²) in [6.45, 7) is 3.32. The molecule has 20 heavy (non-hydrogen) atoms. The van der Waals surface area contributed by atoms with Gasteiger partial charge >= 0.3 is 0 Å². The van der Waals surface area contributed by atoms with E-state index in [0.29, 0.717) is 12.0 Å². The normalized spacial score (nSPS) is 27.5. The van der Waals surface area contributed by atoms with Crippen LogP contribution in [-0.4, -0.2) is 31.4 Å². The van der Waals surface area contributed by atoms with E-state index in [1.165, 1.54) is 29.0 Å². The number of halogens is 1. The fraction of sp³-hybridized carbons (Fsp3) is 0.533. The van der Waals surface area contributed by atoms with E-state index in [0.717, 1.165) is 35.4 Å². The van der Waals surface area contributed by atoms with E-state index in [1.807, 2.05) is 11.8 Å². The van der Waals surface area contributed by atoms with E-state index < -0.39 is 0 Å². The van der Waals surface area contributed by atoms with Crippen molar-refractivity contribution >= 4 is 33.4 Å². The largest absolute Gasteiger partial charge is 0.367 e. The van der Waals surface area contributed by atoms with Gasteiger partial charge in [0.15, 0.2) is 0 Å². The summed E-state index contributed by atoms with van der Waals surface area (Å²) in [6, 6.07) is 5.23. The van der Waals surface area contributed by atoms with Crippen molar-refractivity contribution in [3.05, 3.63) is 21.7 Å². The lowest BCUT2D eigenvalue weighted by Crippen LogP contribution is -2.44. The van der Waals surface area contributed by atoms with Crippen molar-refractivity contribution < 1.29 is 0 Å². The Morgan fingerprint density at radius 2 is 2.40 bits per heavy atom. The van der Waals surface area contributed by atoms with Gasteiger partial charge in [-0.3, -0.25) is 0 Å². The highest BCUT2D eigenvalue weighted by Crippen LogP contribution is 2.52. The summed E-state index contributed by atoms with van der Waals surface area (Å²) < 4.78 is 0.967. The van der Waals surface area contributed by atoms with Gasteiger partial charge in [0, 0.05) is 34.4 Å². The van der Waals surface area contributed by atoms with Crippen molar-refractivity contribution in [2.24, 2.45) is 0 Å². The highest BCUT2D eigenvalue weighted by Gasteiger charge is 2.42. The maximum absolute atomic E-state index is 9.50. The smallest absolute Gasteiger partial charge is 0.102 e. The number of benzene rings is 1. The maximum atomic E-state index is 9.50. The molecule has 3 heterocycles. The quantitative estimate of drug-likeness (QED) is 0.781. The predicted octanol–water partition coefficient (Wildman–Crippen LogP) is 3.08. The van der Waals surface area contributed by atoms with Gasteiger partial charge in [-0.2, -0.15) is 5.26 Å². The molecule has 1 N–H and O–H groups in total. The third-order valence-corrected chi connectivity index (χ3v) is 6.48. The van der Waals surface area contributed by atoms with E-state index in [9.17, 15) is 5.26 Å². The highest BCUT2D eigenvalue weighted by molar-refractivity contribution is 9.10. The van der Waals surface area contributed by atoms with Crippen LogP contribution in [0.3, 0.4) is 0 Å². The minimum atomic E-state index is 0.584. The van der Waals surface area contributed by atoms with Crippen molar-refractivity contribution in [2.75, 3.05) is 30.3 Å². The summed E-state index contributed by atoms with van der Waals surface area (Å²) in [6.07, 6.45) is 2.42. The van der Waals surface area contributed by atoms with Crippen LogP contribution in [0.5, 0.6) is 0 Å². The summed E-state index contributed by atoms with van der Waals surface area (Å²) >= 11 is 5.48. The Labute approximate surface area is 131 Å². The van der Waals surface area contributed by atoms with Crippen LogP contribution in [-0.2, 0) is 0 Å². The monoisotopic (exact) mass is 349 g/mol. The molecule has 1 fully saturated rings. The van der Waals surface area contributed by atoms with Crippen molar-refractivity contribution in [3.63, 3.8) is 0 Å². The molecule has 1 saturated heterocycles. The molecule has 0 aromatic heterocycles. The third kappa shape index (κ3) is 1.75. The first-order valence-electron chi connectivity index (χ1n) is 7.18. The molecule has 0 spiro atoms. The lowest BCUT2D eigenvalue weighted by Gasteiger charge is -2.33. The summed E-state index contributed by atoms with van der Waals surface area (Å²) in [5.41, 5.74) is 3.63. The zero-order valence-corrected chi connectivity index (χ0v) is 13.6. The number of anilines is 1. The van der Waals surface area contributed by atoms with Crippen LogP contribution in [0.2, 0.25) is 0 Å². The Bertz CT molecular complexity index is 610. The van der Waals surface area contributed by atoms with Gasteiger partial charge in [0.05, 0.1) is 11.3 Å². The fourth-order valence-electron chi connectivity index (χ4n) is 3.85. The lowest BCUT2D eigenvalue weighted by molar-refractivity contribution is 0.403. The molecule has 0 radical (unpaired) electrons. The van der Waals surface area contributed by atoms with Gasteiger partial charge < -0.3 is 10.2 Å². The molecule has 5 heteroatoms. The van der Waals surface area contributed by atoms with Crippen molar-refractivity contribution in [3.8, 4) is 6.07 Å². The molecule has 0 amide bonds. The minimum absolute atomic E-state index is 0.584. The first-order chi connectivity index (χ1) is 9.81. The Kier molecular flexibility index (Phi) is 3.21. The Morgan fingerprint density at radius 3 is 3.25 bits per heavy atom. The number of hydrogen-bond donors (Lipinski definition) is 1. The lowest BCUT2D eigenvalue weighted by atomic mass is 9.90. The first-order valence-corrected chi connectivity index (χ1v) is 8.95. The second-order valence-electron chi connectivity index (χ2n) is 5.67. The molecule has 0 bridgehead atoms. The zero-order chi connectivity index (χ0) is 13.7. The summed E-state index contributed by atoms with van der Waals surface area (Å²) in [5, 5.41) is 13.0. The molecule has 4 rings (SSSR count). The van der Waals surface area contributed by atoms with Crippen LogP contribution in [0.4, 0.5) is 5.69 Å². The SMILES string of the molecule is N#Cc1c(Br)cc2c3c1SCCCN3[C@H]1CCNC[C@@H]21. The van der Waals surface area contributed by atoms with Crippen LogP contribution in [0, 0.1) is 11.3 Å². The number of nitriles is 1. The average molecular weight is 350 g/mol. The van der Waals surface area contributed by atoms with Crippen LogP contribution in [0.15, 0.2) is 15.4 Å². The predicted molar refractivity (Wildman–Crippen MR) is 85.6 cm³/mol. The van der Waals surface area contributed by atoms with Gasteiger partial charge in [-0.15, -0.1) is 11.8 Å². The highest BCUT2D eigenvalue weighted by atomic mass is 79.9. The zero-order valence-electron chi connectivity index (χ0n) is 11.2. The average Bonchev–Trinajstić information content (AvgIpc) is 2.63. The standard InChI is InChI=1S/C15H16BrN3S/c16-12-6-9-11-8-18-3-2-13(11)19-4-1-5-20-15(14(9)19)10(12)7-17/h6,11,13,18H,1-5,8H2/t11-,13-/m0/s1. The second-order valence-corrected chi connectivity index (χ2v) is 7.63. The Morgan fingerprint density at radius 1 is 1.50 bits per heavy atom. The molecule has 3 aliphatic rings. The molecule has 0 saturated carbocycles. The number of piperidine rings is 1.